The molecule has 0 aliphatic carbocycles. The fourth-order valence-corrected chi connectivity index (χ4v) is 3.16. The number of benzene rings is 1. The van der Waals surface area contributed by atoms with Crippen molar-refractivity contribution < 1.29 is 8.94 Å². The minimum atomic E-state index is 0.0864. The van der Waals surface area contributed by atoms with Crippen molar-refractivity contribution in [3.8, 4) is 11.3 Å². The minimum Gasteiger partial charge on any atom is -0.440 e. The van der Waals surface area contributed by atoms with E-state index in [2.05, 4.69) is 22.0 Å². The number of thioether (sulfide) groups is 1. The van der Waals surface area contributed by atoms with Gasteiger partial charge in [0.25, 0.3) is 0 Å². The van der Waals surface area contributed by atoms with Crippen LogP contribution in [-0.2, 0) is 0 Å². The molecule has 0 bridgehead atoms. The van der Waals surface area contributed by atoms with Crippen molar-refractivity contribution in [2.75, 3.05) is 0 Å². The summed E-state index contributed by atoms with van der Waals surface area (Å²) in [4.78, 5) is 8.65. The van der Waals surface area contributed by atoms with Crippen LogP contribution in [0.15, 0.2) is 45.5 Å². The molecule has 5 nitrogen and oxygen atoms in total. The minimum absolute atomic E-state index is 0.0864. The number of aryl methyl sites for hydroxylation is 1. The van der Waals surface area contributed by atoms with Crippen LogP contribution >= 0.6 is 11.8 Å². The SMILES string of the molecule is Cc1noc([C@H](C)S[C@@H](C)c2ncc(-c3ccccc3)o2)n1. The Morgan fingerprint density at radius 2 is 1.77 bits per heavy atom. The first-order valence-corrected chi connectivity index (χ1v) is 8.04. The molecular formula is C16H17N3O2S. The number of aromatic nitrogens is 3. The highest BCUT2D eigenvalue weighted by molar-refractivity contribution is 7.99. The van der Waals surface area contributed by atoms with Gasteiger partial charge in [-0.05, 0) is 20.8 Å². The summed E-state index contributed by atoms with van der Waals surface area (Å²) in [6.07, 6.45) is 1.77. The lowest BCUT2D eigenvalue weighted by Crippen LogP contribution is -1.95. The normalized spacial score (nSPS) is 14.0. The van der Waals surface area contributed by atoms with E-state index < -0.39 is 0 Å². The average molecular weight is 315 g/mol. The number of hydrogen-bond donors (Lipinski definition) is 0. The van der Waals surface area contributed by atoms with Crippen LogP contribution in [0, 0.1) is 6.92 Å². The molecule has 0 radical (unpaired) electrons. The fraction of sp³-hybridized carbons (Fsp3) is 0.312. The second-order valence-corrected chi connectivity index (χ2v) is 6.72. The van der Waals surface area contributed by atoms with Gasteiger partial charge in [0, 0.05) is 5.56 Å². The summed E-state index contributed by atoms with van der Waals surface area (Å²) in [6.45, 7) is 5.91. The average Bonchev–Trinajstić information content (AvgIpc) is 3.17. The summed E-state index contributed by atoms with van der Waals surface area (Å²) in [5.41, 5.74) is 1.03. The number of oxazole rings is 1. The van der Waals surface area contributed by atoms with E-state index in [1.54, 1.807) is 18.0 Å². The van der Waals surface area contributed by atoms with Crippen LogP contribution in [0.2, 0.25) is 0 Å². The Balaban J connectivity index is 1.70. The van der Waals surface area contributed by atoms with Crippen LogP contribution in [0.3, 0.4) is 0 Å². The molecule has 0 fully saturated rings. The van der Waals surface area contributed by atoms with Crippen molar-refractivity contribution >= 4 is 11.8 Å². The third-order valence-electron chi connectivity index (χ3n) is 3.23. The monoisotopic (exact) mass is 315 g/mol. The summed E-state index contributed by atoms with van der Waals surface area (Å²) >= 11 is 1.68. The van der Waals surface area contributed by atoms with Gasteiger partial charge in [-0.25, -0.2) is 4.98 Å². The summed E-state index contributed by atoms with van der Waals surface area (Å²) in [6, 6.07) is 9.95. The van der Waals surface area contributed by atoms with Gasteiger partial charge in [0.05, 0.1) is 16.7 Å². The van der Waals surface area contributed by atoms with Gasteiger partial charge < -0.3 is 8.94 Å². The maximum absolute atomic E-state index is 5.87. The molecule has 3 rings (SSSR count). The first kappa shape index (κ1) is 14.8. The van der Waals surface area contributed by atoms with E-state index in [9.17, 15) is 0 Å². The molecule has 0 N–H and O–H groups in total. The topological polar surface area (TPSA) is 65.0 Å². The molecule has 0 aliphatic rings. The van der Waals surface area contributed by atoms with E-state index in [1.165, 1.54) is 0 Å². The van der Waals surface area contributed by atoms with E-state index in [4.69, 9.17) is 8.94 Å². The lowest BCUT2D eigenvalue weighted by Gasteiger charge is -2.11. The van der Waals surface area contributed by atoms with Crippen LogP contribution in [0.5, 0.6) is 0 Å². The lowest BCUT2D eigenvalue weighted by molar-refractivity contribution is 0.376. The standard InChI is InChI=1S/C16H17N3O2S/c1-10(22-11(2)16-18-12(3)19-21-16)15-17-9-14(20-15)13-7-5-4-6-8-13/h4-11H,1-3H3/t10-,11-/m0/s1. The van der Waals surface area contributed by atoms with Crippen LogP contribution in [0.1, 0.15) is 42.0 Å². The molecule has 22 heavy (non-hydrogen) atoms. The van der Waals surface area contributed by atoms with Crippen molar-refractivity contribution in [3.05, 3.63) is 54.1 Å². The molecule has 2 heterocycles. The summed E-state index contributed by atoms with van der Waals surface area (Å²) in [7, 11) is 0. The molecule has 0 spiro atoms. The Hall–Kier alpha value is -2.08. The Morgan fingerprint density at radius 3 is 2.45 bits per heavy atom. The zero-order chi connectivity index (χ0) is 15.5. The zero-order valence-corrected chi connectivity index (χ0v) is 13.5. The van der Waals surface area contributed by atoms with Crippen LogP contribution in [-0.4, -0.2) is 15.1 Å². The van der Waals surface area contributed by atoms with E-state index in [-0.39, 0.29) is 10.5 Å². The smallest absolute Gasteiger partial charge is 0.239 e. The molecule has 0 amide bonds. The Kier molecular flexibility index (Phi) is 4.29. The zero-order valence-electron chi connectivity index (χ0n) is 12.7. The predicted octanol–water partition coefficient (Wildman–Crippen LogP) is 4.59. The van der Waals surface area contributed by atoms with E-state index in [0.717, 1.165) is 11.3 Å². The first-order valence-electron chi connectivity index (χ1n) is 7.10. The number of rotatable bonds is 5. The quantitative estimate of drug-likeness (QED) is 0.686. The highest BCUT2D eigenvalue weighted by Gasteiger charge is 2.21. The number of nitrogens with zero attached hydrogens (tertiary/aromatic N) is 3. The maximum Gasteiger partial charge on any atom is 0.239 e. The number of hydrogen-bond acceptors (Lipinski definition) is 6. The van der Waals surface area contributed by atoms with Crippen LogP contribution < -0.4 is 0 Å². The summed E-state index contributed by atoms with van der Waals surface area (Å²) < 4.78 is 11.1. The molecule has 2 aromatic heterocycles. The van der Waals surface area contributed by atoms with Crippen LogP contribution in [0.4, 0.5) is 0 Å². The molecule has 0 saturated carbocycles. The molecule has 0 aliphatic heterocycles. The van der Waals surface area contributed by atoms with Gasteiger partial charge in [-0.1, -0.05) is 35.5 Å². The van der Waals surface area contributed by atoms with Crippen molar-refractivity contribution in [2.45, 2.75) is 31.3 Å². The molecule has 2 atom stereocenters. The fourth-order valence-electron chi connectivity index (χ4n) is 2.11. The highest BCUT2D eigenvalue weighted by Crippen LogP contribution is 2.39. The van der Waals surface area contributed by atoms with E-state index >= 15 is 0 Å². The Bertz CT molecular complexity index is 739. The van der Waals surface area contributed by atoms with Gasteiger partial charge in [-0.2, -0.15) is 4.98 Å². The van der Waals surface area contributed by atoms with Crippen molar-refractivity contribution in [3.63, 3.8) is 0 Å². The van der Waals surface area contributed by atoms with Gasteiger partial charge in [0.2, 0.25) is 11.8 Å². The maximum atomic E-state index is 5.87. The largest absolute Gasteiger partial charge is 0.440 e. The van der Waals surface area contributed by atoms with E-state index in [1.807, 2.05) is 44.2 Å². The first-order chi connectivity index (χ1) is 10.6. The second-order valence-electron chi connectivity index (χ2n) is 5.03. The van der Waals surface area contributed by atoms with Gasteiger partial charge in [-0.3, -0.25) is 0 Å². The third kappa shape index (κ3) is 3.22. The molecule has 0 saturated heterocycles. The van der Waals surface area contributed by atoms with Crippen LogP contribution in [0.25, 0.3) is 11.3 Å². The van der Waals surface area contributed by atoms with Crippen molar-refractivity contribution in [2.24, 2.45) is 0 Å². The molecule has 6 heteroatoms. The molecular weight excluding hydrogens is 298 g/mol. The Morgan fingerprint density at radius 1 is 1.05 bits per heavy atom. The second kappa shape index (κ2) is 6.36. The lowest BCUT2D eigenvalue weighted by atomic mass is 10.2. The Labute approximate surface area is 133 Å². The summed E-state index contributed by atoms with van der Waals surface area (Å²) in [5, 5.41) is 4.01. The summed E-state index contributed by atoms with van der Waals surface area (Å²) in [5.74, 6) is 2.76. The molecule has 114 valence electrons. The third-order valence-corrected chi connectivity index (χ3v) is 4.45. The van der Waals surface area contributed by atoms with Gasteiger partial charge >= 0.3 is 0 Å². The van der Waals surface area contributed by atoms with Gasteiger partial charge in [0.1, 0.15) is 0 Å². The van der Waals surface area contributed by atoms with Gasteiger partial charge in [0.15, 0.2) is 11.6 Å². The van der Waals surface area contributed by atoms with Crippen molar-refractivity contribution in [1.82, 2.24) is 15.1 Å². The van der Waals surface area contributed by atoms with Gasteiger partial charge in [-0.15, -0.1) is 11.8 Å². The van der Waals surface area contributed by atoms with Crippen molar-refractivity contribution in [1.29, 1.82) is 0 Å². The molecule has 3 aromatic rings. The van der Waals surface area contributed by atoms with E-state index in [0.29, 0.717) is 17.6 Å². The molecule has 0 unspecified atom stereocenters. The highest BCUT2D eigenvalue weighted by atomic mass is 32.2. The molecule has 1 aromatic carbocycles. The predicted molar refractivity (Wildman–Crippen MR) is 85.4 cm³/mol.